The highest BCUT2D eigenvalue weighted by molar-refractivity contribution is 5.66. The Bertz CT molecular complexity index is 358. The van der Waals surface area contributed by atoms with Crippen LogP contribution < -0.4 is 0 Å². The maximum atomic E-state index is 5.35. The lowest BCUT2D eigenvalue weighted by atomic mass is 9.98. The fourth-order valence-corrected chi connectivity index (χ4v) is 1.15. The monoisotopic (exact) mass is 170 g/mol. The van der Waals surface area contributed by atoms with Crippen LogP contribution in [0.3, 0.4) is 0 Å². The lowest BCUT2D eigenvalue weighted by molar-refractivity contribution is 0.978. The number of allylic oxidation sites excluding steroid dienone is 1. The normalized spacial score (nSPS) is 11.8. The lowest BCUT2D eigenvalue weighted by Gasteiger charge is -2.09. The minimum atomic E-state index is 0.0576. The van der Waals surface area contributed by atoms with Crippen LogP contribution in [0.1, 0.15) is 24.1 Å². The summed E-state index contributed by atoms with van der Waals surface area (Å²) in [4.78, 5) is 4.19. The third kappa shape index (κ3) is 1.97. The van der Waals surface area contributed by atoms with Crippen LogP contribution in [-0.2, 0) is 0 Å². The lowest BCUT2D eigenvalue weighted by Crippen LogP contribution is -1.97. The summed E-state index contributed by atoms with van der Waals surface area (Å²) in [5.74, 6) is 2.73. The molecule has 0 bridgehead atoms. The molecule has 1 nitrogen and oxygen atoms in total. The van der Waals surface area contributed by atoms with Crippen molar-refractivity contribution in [1.29, 1.82) is 0 Å². The van der Waals surface area contributed by atoms with E-state index in [2.05, 4.69) is 24.4 Å². The second-order valence-corrected chi connectivity index (χ2v) is 2.93. The third-order valence-electron chi connectivity index (χ3n) is 1.89. The van der Waals surface area contributed by atoms with Crippen molar-refractivity contribution in [3.8, 4) is 12.3 Å². The van der Waals surface area contributed by atoms with Crippen LogP contribution in [-0.4, -0.2) is 4.98 Å². The fraction of sp³-hybridized carbons (Fsp3) is 0.167. The summed E-state index contributed by atoms with van der Waals surface area (Å²) in [6.45, 7) is 9.48. The summed E-state index contributed by atoms with van der Waals surface area (Å²) < 4.78 is 0. The molecule has 0 aliphatic carbocycles. The van der Waals surface area contributed by atoms with Crippen molar-refractivity contribution >= 4 is 5.57 Å². The van der Waals surface area contributed by atoms with Crippen molar-refractivity contribution in [3.63, 3.8) is 0 Å². The maximum absolute atomic E-state index is 5.35. The van der Waals surface area contributed by atoms with Crippen LogP contribution in [0.15, 0.2) is 24.9 Å². The van der Waals surface area contributed by atoms with Crippen LogP contribution >= 0.6 is 0 Å². The Kier molecular flexibility index (Phi) is 2.87. The number of hydrogen-bond donors (Lipinski definition) is 0. The number of terminal acetylenes is 1. The highest BCUT2D eigenvalue weighted by Crippen LogP contribution is 2.21. The molecule has 1 atom stereocenters. The van der Waals surface area contributed by atoms with E-state index in [4.69, 9.17) is 6.42 Å². The van der Waals surface area contributed by atoms with E-state index in [9.17, 15) is 0 Å². The standard InChI is InChI=1S/C12H12N/c1-5-10(4)11-7-6-8-13-12(11)9(2)3/h1,6-8,10H,2-3H2,4H3. The van der Waals surface area contributed by atoms with Crippen molar-refractivity contribution < 1.29 is 0 Å². The predicted octanol–water partition coefficient (Wildman–Crippen LogP) is 2.67. The molecule has 1 unspecified atom stereocenters. The summed E-state index contributed by atoms with van der Waals surface area (Å²) in [7, 11) is 0. The van der Waals surface area contributed by atoms with Crippen LogP contribution in [0.5, 0.6) is 0 Å². The van der Waals surface area contributed by atoms with Gasteiger partial charge in [0.15, 0.2) is 0 Å². The fourth-order valence-electron chi connectivity index (χ4n) is 1.15. The van der Waals surface area contributed by atoms with E-state index in [0.717, 1.165) is 11.3 Å². The second kappa shape index (κ2) is 3.91. The zero-order valence-electron chi connectivity index (χ0n) is 7.75. The Hall–Kier alpha value is -1.55. The largest absolute Gasteiger partial charge is 0.256 e. The van der Waals surface area contributed by atoms with Crippen molar-refractivity contribution in [2.45, 2.75) is 12.8 Å². The Morgan fingerprint density at radius 2 is 2.38 bits per heavy atom. The van der Waals surface area contributed by atoms with E-state index >= 15 is 0 Å². The molecule has 1 rings (SSSR count). The van der Waals surface area contributed by atoms with Gasteiger partial charge in [0.05, 0.1) is 5.69 Å². The molecular formula is C12H12N. The highest BCUT2D eigenvalue weighted by atomic mass is 14.7. The number of aromatic nitrogens is 1. The number of nitrogens with zero attached hydrogens (tertiary/aromatic N) is 1. The molecule has 0 amide bonds. The highest BCUT2D eigenvalue weighted by Gasteiger charge is 2.08. The SMILES string of the molecule is C#CC(C)c1cccnc1C([CH2])=C. The van der Waals surface area contributed by atoms with Gasteiger partial charge in [0.1, 0.15) is 0 Å². The molecule has 0 saturated heterocycles. The van der Waals surface area contributed by atoms with Crippen molar-refractivity contribution in [2.24, 2.45) is 0 Å². The first kappa shape index (κ1) is 9.54. The van der Waals surface area contributed by atoms with E-state index in [1.54, 1.807) is 6.20 Å². The first-order valence-corrected chi connectivity index (χ1v) is 4.09. The average molecular weight is 170 g/mol. The zero-order chi connectivity index (χ0) is 9.84. The van der Waals surface area contributed by atoms with Gasteiger partial charge in [0, 0.05) is 12.1 Å². The Balaban J connectivity index is 3.21. The zero-order valence-corrected chi connectivity index (χ0v) is 7.75. The van der Waals surface area contributed by atoms with Gasteiger partial charge in [-0.05, 0) is 31.1 Å². The minimum Gasteiger partial charge on any atom is -0.256 e. The van der Waals surface area contributed by atoms with Crippen molar-refractivity contribution in [3.05, 3.63) is 43.1 Å². The molecule has 1 heterocycles. The summed E-state index contributed by atoms with van der Waals surface area (Å²) in [6, 6.07) is 3.83. The van der Waals surface area contributed by atoms with Crippen LogP contribution in [0, 0.1) is 19.3 Å². The van der Waals surface area contributed by atoms with Gasteiger partial charge >= 0.3 is 0 Å². The molecule has 0 spiro atoms. The molecule has 1 aromatic heterocycles. The average Bonchev–Trinajstić information content (AvgIpc) is 2.16. The first-order chi connectivity index (χ1) is 6.16. The van der Waals surface area contributed by atoms with Gasteiger partial charge in [-0.25, -0.2) is 0 Å². The Labute approximate surface area is 79.5 Å². The molecule has 0 fully saturated rings. The molecule has 0 aromatic carbocycles. The molecule has 0 aliphatic rings. The van der Waals surface area contributed by atoms with Gasteiger partial charge in [0.25, 0.3) is 0 Å². The molecule has 0 N–H and O–H groups in total. The van der Waals surface area contributed by atoms with E-state index in [1.807, 2.05) is 19.1 Å². The molecular weight excluding hydrogens is 158 g/mol. The number of rotatable bonds is 2. The predicted molar refractivity (Wildman–Crippen MR) is 55.9 cm³/mol. The van der Waals surface area contributed by atoms with Gasteiger partial charge in [-0.1, -0.05) is 18.6 Å². The number of pyridine rings is 1. The number of hydrogen-bond acceptors (Lipinski definition) is 1. The molecule has 65 valence electrons. The van der Waals surface area contributed by atoms with Crippen LogP contribution in [0.2, 0.25) is 0 Å². The summed E-state index contributed by atoms with van der Waals surface area (Å²) in [5, 5.41) is 0. The van der Waals surface area contributed by atoms with E-state index < -0.39 is 0 Å². The minimum absolute atomic E-state index is 0.0576. The molecule has 0 saturated carbocycles. The quantitative estimate of drug-likeness (QED) is 0.622. The molecule has 1 heteroatoms. The molecule has 1 aromatic rings. The summed E-state index contributed by atoms with van der Waals surface area (Å²) in [5.41, 5.74) is 2.54. The van der Waals surface area contributed by atoms with Gasteiger partial charge in [-0.15, -0.1) is 6.42 Å². The van der Waals surface area contributed by atoms with E-state index in [1.165, 1.54) is 0 Å². The first-order valence-electron chi connectivity index (χ1n) is 4.09. The van der Waals surface area contributed by atoms with Crippen LogP contribution in [0.25, 0.3) is 5.57 Å². The van der Waals surface area contributed by atoms with E-state index in [-0.39, 0.29) is 5.92 Å². The summed E-state index contributed by atoms with van der Waals surface area (Å²) >= 11 is 0. The Morgan fingerprint density at radius 3 is 2.92 bits per heavy atom. The molecule has 1 radical (unpaired) electrons. The van der Waals surface area contributed by atoms with Gasteiger partial charge in [-0.3, -0.25) is 4.98 Å². The Morgan fingerprint density at radius 1 is 1.69 bits per heavy atom. The second-order valence-electron chi connectivity index (χ2n) is 2.93. The molecule has 13 heavy (non-hydrogen) atoms. The topological polar surface area (TPSA) is 12.9 Å². The van der Waals surface area contributed by atoms with Crippen molar-refractivity contribution in [2.75, 3.05) is 0 Å². The van der Waals surface area contributed by atoms with Gasteiger partial charge in [-0.2, -0.15) is 0 Å². The van der Waals surface area contributed by atoms with E-state index in [0.29, 0.717) is 5.57 Å². The van der Waals surface area contributed by atoms with Crippen LogP contribution in [0.4, 0.5) is 0 Å². The van der Waals surface area contributed by atoms with Gasteiger partial charge in [0.2, 0.25) is 0 Å². The summed E-state index contributed by atoms with van der Waals surface area (Å²) in [6.07, 6.45) is 7.07. The third-order valence-corrected chi connectivity index (χ3v) is 1.89. The van der Waals surface area contributed by atoms with Crippen molar-refractivity contribution in [1.82, 2.24) is 4.98 Å². The maximum Gasteiger partial charge on any atom is 0.0700 e. The smallest absolute Gasteiger partial charge is 0.0700 e. The molecule has 0 aliphatic heterocycles. The van der Waals surface area contributed by atoms with Gasteiger partial charge < -0.3 is 0 Å².